The summed E-state index contributed by atoms with van der Waals surface area (Å²) in [4.78, 5) is 24.3. The average molecular weight is 468 g/mol. The predicted octanol–water partition coefficient (Wildman–Crippen LogP) is 4.14. The number of methoxy groups -OCH3 is 2. The van der Waals surface area contributed by atoms with E-state index < -0.39 is 0 Å². The molecule has 0 heterocycles. The summed E-state index contributed by atoms with van der Waals surface area (Å²) in [6, 6.07) is 18.6. The smallest absolute Gasteiger partial charge is 0.271 e. The highest BCUT2D eigenvalue weighted by Gasteiger charge is 2.08. The Kier molecular flexibility index (Phi) is 8.26. The van der Waals surface area contributed by atoms with Crippen molar-refractivity contribution in [3.63, 3.8) is 0 Å². The zero-order chi connectivity index (χ0) is 23.6. The molecule has 0 spiro atoms. The van der Waals surface area contributed by atoms with E-state index in [1.807, 2.05) is 0 Å². The molecule has 0 radical (unpaired) electrons. The highest BCUT2D eigenvalue weighted by atomic mass is 35.5. The van der Waals surface area contributed by atoms with Gasteiger partial charge >= 0.3 is 0 Å². The Morgan fingerprint density at radius 2 is 1.73 bits per heavy atom. The van der Waals surface area contributed by atoms with Crippen molar-refractivity contribution in [2.45, 2.75) is 0 Å². The first-order valence-electron chi connectivity index (χ1n) is 9.82. The minimum absolute atomic E-state index is 0.213. The van der Waals surface area contributed by atoms with Gasteiger partial charge in [-0.1, -0.05) is 17.7 Å². The van der Waals surface area contributed by atoms with Crippen LogP contribution in [0.2, 0.25) is 5.02 Å². The first kappa shape index (κ1) is 23.6. The fourth-order valence-corrected chi connectivity index (χ4v) is 2.97. The minimum atomic E-state index is -0.376. The van der Waals surface area contributed by atoms with E-state index in [1.165, 1.54) is 13.3 Å². The highest BCUT2D eigenvalue weighted by Crippen LogP contribution is 2.25. The molecular weight excluding hydrogens is 446 g/mol. The Morgan fingerprint density at radius 1 is 0.970 bits per heavy atom. The minimum Gasteiger partial charge on any atom is -0.497 e. The van der Waals surface area contributed by atoms with Crippen molar-refractivity contribution in [3.8, 4) is 17.2 Å². The van der Waals surface area contributed by atoms with Gasteiger partial charge in [0.15, 0.2) is 6.61 Å². The zero-order valence-corrected chi connectivity index (χ0v) is 18.8. The Balaban J connectivity index is 1.51. The average Bonchev–Trinajstić information content (AvgIpc) is 2.84. The summed E-state index contributed by atoms with van der Waals surface area (Å²) in [6.45, 7) is -0.213. The zero-order valence-electron chi connectivity index (χ0n) is 18.0. The first-order valence-corrected chi connectivity index (χ1v) is 10.2. The van der Waals surface area contributed by atoms with Gasteiger partial charge in [-0.3, -0.25) is 9.59 Å². The summed E-state index contributed by atoms with van der Waals surface area (Å²) in [5.41, 5.74) is 4.12. The van der Waals surface area contributed by atoms with Gasteiger partial charge in [0.05, 0.1) is 25.5 Å². The van der Waals surface area contributed by atoms with Crippen molar-refractivity contribution in [1.82, 2.24) is 5.43 Å². The lowest BCUT2D eigenvalue weighted by Crippen LogP contribution is -2.20. The van der Waals surface area contributed by atoms with Crippen LogP contribution < -0.4 is 25.0 Å². The quantitative estimate of drug-likeness (QED) is 0.364. The second kappa shape index (κ2) is 11.5. The van der Waals surface area contributed by atoms with E-state index in [0.717, 1.165) is 0 Å². The van der Waals surface area contributed by atoms with E-state index in [1.54, 1.807) is 73.8 Å². The number of anilines is 1. The largest absolute Gasteiger partial charge is 0.497 e. The number of hydrogen-bond acceptors (Lipinski definition) is 6. The molecule has 3 rings (SSSR count). The molecule has 2 N–H and O–H groups in total. The maximum Gasteiger partial charge on any atom is 0.271 e. The summed E-state index contributed by atoms with van der Waals surface area (Å²) in [5, 5.41) is 6.96. The molecule has 0 atom stereocenters. The fraction of sp³-hybridized carbons (Fsp3) is 0.125. The number of carbonyl (C=O) groups is 2. The summed E-state index contributed by atoms with van der Waals surface area (Å²) in [7, 11) is 3.10. The van der Waals surface area contributed by atoms with Crippen LogP contribution in [0.15, 0.2) is 71.8 Å². The maximum absolute atomic E-state index is 12.2. The number of ether oxygens (including phenoxy) is 3. The van der Waals surface area contributed by atoms with Crippen LogP contribution in [-0.2, 0) is 4.79 Å². The molecule has 0 aliphatic carbocycles. The molecule has 0 bridgehead atoms. The van der Waals surface area contributed by atoms with Crippen LogP contribution in [0.1, 0.15) is 15.9 Å². The molecule has 0 aromatic heterocycles. The number of benzene rings is 3. The summed E-state index contributed by atoms with van der Waals surface area (Å²) >= 11 is 6.24. The van der Waals surface area contributed by atoms with Crippen molar-refractivity contribution in [2.24, 2.45) is 5.10 Å². The van der Waals surface area contributed by atoms with Crippen molar-refractivity contribution in [3.05, 3.63) is 82.9 Å². The molecule has 2 amide bonds. The molecular formula is C24H22ClN3O5. The molecule has 0 aliphatic heterocycles. The lowest BCUT2D eigenvalue weighted by molar-refractivity contribution is -0.118. The Labute approximate surface area is 196 Å². The highest BCUT2D eigenvalue weighted by molar-refractivity contribution is 6.32. The van der Waals surface area contributed by atoms with Crippen molar-refractivity contribution in [2.75, 3.05) is 26.1 Å². The molecule has 3 aromatic rings. The third kappa shape index (κ3) is 6.98. The number of amides is 2. The predicted molar refractivity (Wildman–Crippen MR) is 127 cm³/mol. The number of hydrazone groups is 1. The van der Waals surface area contributed by atoms with Crippen molar-refractivity contribution in [1.29, 1.82) is 0 Å². The van der Waals surface area contributed by atoms with Gasteiger partial charge in [0.2, 0.25) is 0 Å². The van der Waals surface area contributed by atoms with Crippen LogP contribution in [0, 0.1) is 0 Å². The monoisotopic (exact) mass is 467 g/mol. The van der Waals surface area contributed by atoms with E-state index in [-0.39, 0.29) is 18.4 Å². The summed E-state index contributed by atoms with van der Waals surface area (Å²) in [5.74, 6) is 0.909. The Hall–Kier alpha value is -4.04. The molecule has 0 aliphatic rings. The first-order chi connectivity index (χ1) is 16.0. The number of halogens is 1. The van der Waals surface area contributed by atoms with Gasteiger partial charge < -0.3 is 19.5 Å². The van der Waals surface area contributed by atoms with Crippen LogP contribution in [0.4, 0.5) is 5.69 Å². The van der Waals surface area contributed by atoms with E-state index in [9.17, 15) is 9.59 Å². The molecule has 9 heteroatoms. The number of nitrogens with one attached hydrogen (secondary N) is 2. The second-order valence-corrected chi connectivity index (χ2v) is 7.09. The second-order valence-electron chi connectivity index (χ2n) is 6.69. The topological polar surface area (TPSA) is 98.3 Å². The fourth-order valence-electron chi connectivity index (χ4n) is 2.72. The van der Waals surface area contributed by atoms with Gasteiger partial charge in [-0.15, -0.1) is 0 Å². The normalized spacial score (nSPS) is 10.5. The van der Waals surface area contributed by atoms with Crippen LogP contribution >= 0.6 is 11.6 Å². The van der Waals surface area contributed by atoms with Gasteiger partial charge in [-0.2, -0.15) is 5.10 Å². The molecule has 0 fully saturated rings. The van der Waals surface area contributed by atoms with Gasteiger partial charge in [-0.05, 0) is 66.2 Å². The van der Waals surface area contributed by atoms with Crippen LogP contribution in [0.5, 0.6) is 17.2 Å². The summed E-state index contributed by atoms with van der Waals surface area (Å²) < 4.78 is 15.7. The molecule has 3 aromatic carbocycles. The van der Waals surface area contributed by atoms with Crippen LogP contribution in [-0.4, -0.2) is 38.9 Å². The molecule has 0 saturated carbocycles. The van der Waals surface area contributed by atoms with E-state index in [4.69, 9.17) is 25.8 Å². The third-order valence-electron chi connectivity index (χ3n) is 4.40. The lowest BCUT2D eigenvalue weighted by atomic mass is 10.2. The standard InChI is InChI=1S/C24H22ClN3O5/c1-31-19-9-7-18(8-10-19)27-23(29)15-33-22-11-6-16(12-21(22)25)14-26-28-24(30)17-4-3-5-20(13-17)32-2/h3-14H,15H2,1-2H3,(H,27,29)(H,28,30). The molecule has 0 unspecified atom stereocenters. The molecule has 8 nitrogen and oxygen atoms in total. The van der Waals surface area contributed by atoms with Crippen LogP contribution in [0.25, 0.3) is 0 Å². The van der Waals surface area contributed by atoms with Crippen molar-refractivity contribution < 1.29 is 23.8 Å². The molecule has 33 heavy (non-hydrogen) atoms. The van der Waals surface area contributed by atoms with Gasteiger partial charge in [0, 0.05) is 11.3 Å². The van der Waals surface area contributed by atoms with Gasteiger partial charge in [0.25, 0.3) is 11.8 Å². The number of hydrogen-bond donors (Lipinski definition) is 2. The third-order valence-corrected chi connectivity index (χ3v) is 4.70. The summed E-state index contributed by atoms with van der Waals surface area (Å²) in [6.07, 6.45) is 1.45. The van der Waals surface area contributed by atoms with E-state index in [0.29, 0.717) is 39.1 Å². The Bertz CT molecular complexity index is 1150. The van der Waals surface area contributed by atoms with Crippen LogP contribution in [0.3, 0.4) is 0 Å². The number of carbonyl (C=O) groups excluding carboxylic acids is 2. The van der Waals surface area contributed by atoms with Crippen molar-refractivity contribution >= 4 is 35.3 Å². The van der Waals surface area contributed by atoms with E-state index >= 15 is 0 Å². The molecule has 0 saturated heterocycles. The van der Waals surface area contributed by atoms with Gasteiger partial charge in [0.1, 0.15) is 17.2 Å². The number of nitrogens with zero attached hydrogens (tertiary/aromatic N) is 1. The SMILES string of the molecule is COc1ccc(NC(=O)COc2ccc(C=NNC(=O)c3cccc(OC)c3)cc2Cl)cc1. The number of rotatable bonds is 9. The van der Waals surface area contributed by atoms with Gasteiger partial charge in [-0.25, -0.2) is 5.43 Å². The lowest BCUT2D eigenvalue weighted by Gasteiger charge is -2.09. The molecule has 170 valence electrons. The maximum atomic E-state index is 12.2. The Morgan fingerprint density at radius 3 is 2.42 bits per heavy atom. The van der Waals surface area contributed by atoms with E-state index in [2.05, 4.69) is 15.8 Å².